The van der Waals surface area contributed by atoms with E-state index in [0.717, 1.165) is 6.07 Å². The molecule has 106 valence electrons. The summed E-state index contributed by atoms with van der Waals surface area (Å²) in [5, 5.41) is 3.53. The van der Waals surface area contributed by atoms with Crippen molar-refractivity contribution in [2.24, 2.45) is 0 Å². The number of hydrogen-bond donors (Lipinski definition) is 1. The van der Waals surface area contributed by atoms with Crippen molar-refractivity contribution in [2.75, 3.05) is 5.73 Å². The first-order valence-corrected chi connectivity index (χ1v) is 6.04. The predicted octanol–water partition coefficient (Wildman–Crippen LogP) is 4.01. The predicted molar refractivity (Wildman–Crippen MR) is 71.7 cm³/mol. The van der Waals surface area contributed by atoms with E-state index in [1.54, 1.807) is 6.07 Å². The average Bonchev–Trinajstić information content (AvgIpc) is 2.84. The Balaban J connectivity index is 2.28. The summed E-state index contributed by atoms with van der Waals surface area (Å²) < 4.78 is 46.1. The first kappa shape index (κ1) is 13.2. The number of nitrogens with zero attached hydrogens (tertiary/aromatic N) is 1. The van der Waals surface area contributed by atoms with Gasteiger partial charge in [-0.15, -0.1) is 0 Å². The normalized spacial score (nSPS) is 10.8. The number of rotatable bonds is 2. The van der Waals surface area contributed by atoms with Crippen LogP contribution in [0.25, 0.3) is 22.5 Å². The van der Waals surface area contributed by atoms with E-state index in [1.807, 2.05) is 0 Å². The van der Waals surface area contributed by atoms with Crippen molar-refractivity contribution >= 4 is 5.82 Å². The van der Waals surface area contributed by atoms with E-state index in [2.05, 4.69) is 5.16 Å². The summed E-state index contributed by atoms with van der Waals surface area (Å²) >= 11 is 0. The van der Waals surface area contributed by atoms with E-state index in [-0.39, 0.29) is 28.3 Å². The highest BCUT2D eigenvalue weighted by Gasteiger charge is 2.23. The van der Waals surface area contributed by atoms with Crippen LogP contribution in [0.2, 0.25) is 0 Å². The second-order valence-corrected chi connectivity index (χ2v) is 4.35. The zero-order valence-corrected chi connectivity index (χ0v) is 10.6. The summed E-state index contributed by atoms with van der Waals surface area (Å²) in [7, 11) is 0. The Morgan fingerprint density at radius 2 is 1.52 bits per heavy atom. The minimum atomic E-state index is -1.11. The molecule has 0 atom stereocenters. The number of hydrogen-bond acceptors (Lipinski definition) is 3. The van der Waals surface area contributed by atoms with Gasteiger partial charge in [0.25, 0.3) is 0 Å². The van der Waals surface area contributed by atoms with Crippen molar-refractivity contribution in [3.05, 3.63) is 59.9 Å². The van der Waals surface area contributed by atoms with Gasteiger partial charge >= 0.3 is 0 Å². The summed E-state index contributed by atoms with van der Waals surface area (Å²) in [6.45, 7) is 0. The van der Waals surface area contributed by atoms with Crippen LogP contribution in [0.4, 0.5) is 19.0 Å². The molecule has 0 saturated carbocycles. The van der Waals surface area contributed by atoms with Gasteiger partial charge in [-0.1, -0.05) is 29.4 Å². The molecule has 3 aromatic rings. The number of anilines is 1. The van der Waals surface area contributed by atoms with Gasteiger partial charge in [-0.2, -0.15) is 0 Å². The molecule has 0 radical (unpaired) electrons. The number of aromatic nitrogens is 1. The third-order valence-electron chi connectivity index (χ3n) is 3.06. The molecule has 0 amide bonds. The van der Waals surface area contributed by atoms with Crippen LogP contribution in [0.15, 0.2) is 47.0 Å². The van der Waals surface area contributed by atoms with Crippen LogP contribution in [0.5, 0.6) is 0 Å². The molecule has 3 nitrogen and oxygen atoms in total. The van der Waals surface area contributed by atoms with E-state index < -0.39 is 17.5 Å². The molecule has 0 unspecified atom stereocenters. The van der Waals surface area contributed by atoms with Crippen molar-refractivity contribution in [3.63, 3.8) is 0 Å². The maximum absolute atomic E-state index is 13.9. The number of benzene rings is 2. The van der Waals surface area contributed by atoms with Crippen LogP contribution in [-0.4, -0.2) is 5.16 Å². The van der Waals surface area contributed by atoms with Crippen LogP contribution in [0.1, 0.15) is 0 Å². The summed E-state index contributed by atoms with van der Waals surface area (Å²) in [5.41, 5.74) is 5.71. The molecule has 0 fully saturated rings. The van der Waals surface area contributed by atoms with E-state index in [0.29, 0.717) is 0 Å². The molecule has 2 aromatic carbocycles. The largest absolute Gasteiger partial charge is 0.380 e. The van der Waals surface area contributed by atoms with Gasteiger partial charge in [0.2, 0.25) is 0 Å². The van der Waals surface area contributed by atoms with Gasteiger partial charge in [0.1, 0.15) is 5.82 Å². The second kappa shape index (κ2) is 4.97. The quantitative estimate of drug-likeness (QED) is 0.776. The molecule has 2 N–H and O–H groups in total. The van der Waals surface area contributed by atoms with Gasteiger partial charge in [-0.05, 0) is 18.2 Å². The fourth-order valence-electron chi connectivity index (χ4n) is 2.09. The van der Waals surface area contributed by atoms with Crippen molar-refractivity contribution < 1.29 is 17.7 Å². The molecule has 0 saturated heterocycles. The summed E-state index contributed by atoms with van der Waals surface area (Å²) in [6, 6.07) is 9.38. The van der Waals surface area contributed by atoms with Gasteiger partial charge in [0.05, 0.1) is 11.1 Å². The van der Waals surface area contributed by atoms with Gasteiger partial charge < -0.3 is 10.3 Å². The van der Waals surface area contributed by atoms with Crippen LogP contribution in [0.3, 0.4) is 0 Å². The van der Waals surface area contributed by atoms with Crippen LogP contribution in [-0.2, 0) is 0 Å². The van der Waals surface area contributed by atoms with Crippen LogP contribution < -0.4 is 5.73 Å². The summed E-state index contributed by atoms with van der Waals surface area (Å²) in [6.07, 6.45) is 0. The zero-order chi connectivity index (χ0) is 15.0. The maximum atomic E-state index is 13.9. The highest BCUT2D eigenvalue weighted by molar-refractivity contribution is 5.86. The number of nitrogen functional groups attached to an aromatic ring is 1. The van der Waals surface area contributed by atoms with Crippen LogP contribution >= 0.6 is 0 Å². The highest BCUT2D eigenvalue weighted by Crippen LogP contribution is 2.38. The van der Waals surface area contributed by atoms with E-state index in [4.69, 9.17) is 10.3 Å². The van der Waals surface area contributed by atoms with E-state index in [9.17, 15) is 13.2 Å². The van der Waals surface area contributed by atoms with Crippen LogP contribution in [0, 0.1) is 17.5 Å². The zero-order valence-electron chi connectivity index (χ0n) is 10.6. The fourth-order valence-corrected chi connectivity index (χ4v) is 2.09. The molecule has 0 aliphatic carbocycles. The molecule has 0 aliphatic rings. The Kier molecular flexibility index (Phi) is 3.13. The van der Waals surface area contributed by atoms with Gasteiger partial charge in [-0.25, -0.2) is 13.2 Å². The van der Waals surface area contributed by atoms with Crippen molar-refractivity contribution in [1.29, 1.82) is 0 Å². The second-order valence-electron chi connectivity index (χ2n) is 4.35. The maximum Gasteiger partial charge on any atom is 0.180 e. The highest BCUT2D eigenvalue weighted by atomic mass is 19.2. The van der Waals surface area contributed by atoms with E-state index in [1.165, 1.54) is 30.3 Å². The number of nitrogens with two attached hydrogens (primary N) is 1. The van der Waals surface area contributed by atoms with Crippen molar-refractivity contribution in [3.8, 4) is 22.5 Å². The molecular weight excluding hydrogens is 281 g/mol. The third-order valence-corrected chi connectivity index (χ3v) is 3.06. The minimum Gasteiger partial charge on any atom is -0.380 e. The van der Waals surface area contributed by atoms with Crippen molar-refractivity contribution in [2.45, 2.75) is 0 Å². The lowest BCUT2D eigenvalue weighted by Crippen LogP contribution is -1.93. The Labute approximate surface area is 117 Å². The minimum absolute atomic E-state index is 0.0950. The lowest BCUT2D eigenvalue weighted by molar-refractivity contribution is 0.430. The third kappa shape index (κ3) is 2.14. The summed E-state index contributed by atoms with van der Waals surface area (Å²) in [4.78, 5) is 0. The molecule has 1 heterocycles. The molecule has 0 aliphatic heterocycles. The molecule has 6 heteroatoms. The molecule has 3 rings (SSSR count). The molecule has 1 aromatic heterocycles. The van der Waals surface area contributed by atoms with E-state index >= 15 is 0 Å². The first-order chi connectivity index (χ1) is 10.1. The van der Waals surface area contributed by atoms with Gasteiger partial charge in [-0.3, -0.25) is 0 Å². The standard InChI is InChI=1S/C15H9F3N2O/c16-10-6-2-1-4-8(10)12-14(21-20-15(12)19)9-5-3-7-11(17)13(9)18/h1-7H,(H2,19,20). The monoisotopic (exact) mass is 290 g/mol. The van der Waals surface area contributed by atoms with Crippen molar-refractivity contribution in [1.82, 2.24) is 5.16 Å². The smallest absolute Gasteiger partial charge is 0.180 e. The molecular formula is C15H9F3N2O. The molecule has 0 bridgehead atoms. The Bertz CT molecular complexity index is 814. The lowest BCUT2D eigenvalue weighted by Gasteiger charge is -2.05. The molecule has 0 spiro atoms. The topological polar surface area (TPSA) is 52.0 Å². The van der Waals surface area contributed by atoms with Gasteiger partial charge in [0.15, 0.2) is 23.2 Å². The Hall–Kier alpha value is -2.76. The Morgan fingerprint density at radius 1 is 0.857 bits per heavy atom. The Morgan fingerprint density at radius 3 is 2.29 bits per heavy atom. The first-order valence-electron chi connectivity index (χ1n) is 6.04. The molecule has 21 heavy (non-hydrogen) atoms. The lowest BCUT2D eigenvalue weighted by atomic mass is 10.0. The van der Waals surface area contributed by atoms with Gasteiger partial charge in [0, 0.05) is 5.56 Å². The fraction of sp³-hybridized carbons (Fsp3) is 0. The number of halogens is 3. The average molecular weight is 290 g/mol. The SMILES string of the molecule is Nc1noc(-c2cccc(F)c2F)c1-c1ccccc1F. The summed E-state index contributed by atoms with van der Waals surface area (Å²) in [5.74, 6) is -2.92.